The third-order valence-corrected chi connectivity index (χ3v) is 4.98. The van der Waals surface area contributed by atoms with E-state index in [0.717, 1.165) is 6.54 Å². The molecule has 1 heterocycles. The summed E-state index contributed by atoms with van der Waals surface area (Å²) in [5, 5.41) is 3.03. The first-order chi connectivity index (χ1) is 8.90. The van der Waals surface area contributed by atoms with Crippen molar-refractivity contribution in [2.75, 3.05) is 6.54 Å². The smallest absolute Gasteiger partial charge is 0.243 e. The topological polar surface area (TPSA) is 58.2 Å². The number of hydrogen-bond acceptors (Lipinski definition) is 3. The zero-order valence-corrected chi connectivity index (χ0v) is 13.3. The molecule has 0 aliphatic carbocycles. The van der Waals surface area contributed by atoms with Gasteiger partial charge in [-0.2, -0.15) is 0 Å². The number of nitrogens with one attached hydrogen (secondary N) is 2. The summed E-state index contributed by atoms with van der Waals surface area (Å²) in [5.41, 5.74) is 0. The zero-order valence-electron chi connectivity index (χ0n) is 10.9. The van der Waals surface area contributed by atoms with Crippen LogP contribution in [0.2, 0.25) is 5.02 Å². The molecule has 0 saturated carbocycles. The van der Waals surface area contributed by atoms with E-state index in [0.29, 0.717) is 12.8 Å². The highest BCUT2D eigenvalue weighted by Gasteiger charge is 2.26. The number of hydrogen-bond donors (Lipinski definition) is 2. The highest BCUT2D eigenvalue weighted by molar-refractivity contribution is 7.89. The predicted octanol–water partition coefficient (Wildman–Crippen LogP) is 2.32. The van der Waals surface area contributed by atoms with Gasteiger partial charge >= 0.3 is 0 Å². The fraction of sp³-hybridized carbons (Fsp3) is 0.500. The molecule has 4 nitrogen and oxygen atoms in total. The molecule has 0 amide bonds. The van der Waals surface area contributed by atoms with Crippen molar-refractivity contribution in [3.8, 4) is 0 Å². The lowest BCUT2D eigenvalue weighted by atomic mass is 10.0. The normalized spacial score (nSPS) is 23.1. The van der Waals surface area contributed by atoms with E-state index < -0.39 is 20.7 Å². The maximum Gasteiger partial charge on any atom is 0.243 e. The Bertz CT molecular complexity index is 569. The molecule has 1 fully saturated rings. The molecule has 2 rings (SSSR count). The van der Waals surface area contributed by atoms with Crippen molar-refractivity contribution in [3.63, 3.8) is 0 Å². The Morgan fingerprint density at radius 3 is 2.80 bits per heavy atom. The van der Waals surface area contributed by atoms with Crippen LogP contribution in [0.5, 0.6) is 0 Å². The van der Waals surface area contributed by atoms with Crippen molar-refractivity contribution in [1.29, 1.82) is 0 Å². The SMILES string of the molecule is CC1CC(NS(=O)(=O)c2cccc(Cl)c2F)CCN1.Cl. The van der Waals surface area contributed by atoms with Gasteiger partial charge in [-0.25, -0.2) is 17.5 Å². The second kappa shape index (κ2) is 7.04. The summed E-state index contributed by atoms with van der Waals surface area (Å²) in [5.74, 6) is -0.904. The van der Waals surface area contributed by atoms with Crippen molar-refractivity contribution in [3.05, 3.63) is 29.0 Å². The predicted molar refractivity (Wildman–Crippen MR) is 79.5 cm³/mol. The second-order valence-corrected chi connectivity index (χ2v) is 6.84. The molecule has 20 heavy (non-hydrogen) atoms. The molecule has 0 radical (unpaired) electrons. The molecule has 0 aromatic heterocycles. The van der Waals surface area contributed by atoms with Gasteiger partial charge in [0, 0.05) is 12.1 Å². The van der Waals surface area contributed by atoms with Gasteiger partial charge in [0.2, 0.25) is 10.0 Å². The molecule has 2 unspecified atom stereocenters. The van der Waals surface area contributed by atoms with Gasteiger partial charge in [-0.05, 0) is 38.4 Å². The fourth-order valence-corrected chi connectivity index (χ4v) is 3.83. The molecule has 1 aromatic rings. The van der Waals surface area contributed by atoms with Crippen LogP contribution in [0.25, 0.3) is 0 Å². The van der Waals surface area contributed by atoms with Crippen molar-refractivity contribution in [2.45, 2.75) is 36.7 Å². The highest BCUT2D eigenvalue weighted by Crippen LogP contribution is 2.22. The van der Waals surface area contributed by atoms with E-state index in [1.807, 2.05) is 6.92 Å². The van der Waals surface area contributed by atoms with Crippen molar-refractivity contribution >= 4 is 34.0 Å². The number of benzene rings is 1. The van der Waals surface area contributed by atoms with Gasteiger partial charge in [0.15, 0.2) is 5.82 Å². The largest absolute Gasteiger partial charge is 0.314 e. The van der Waals surface area contributed by atoms with Crippen LogP contribution < -0.4 is 10.0 Å². The Kier molecular flexibility index (Phi) is 6.22. The highest BCUT2D eigenvalue weighted by atomic mass is 35.5. The lowest BCUT2D eigenvalue weighted by Gasteiger charge is -2.28. The van der Waals surface area contributed by atoms with E-state index in [1.165, 1.54) is 18.2 Å². The summed E-state index contributed by atoms with van der Waals surface area (Å²) in [6.45, 7) is 2.73. The Hall–Kier alpha value is -0.400. The lowest BCUT2D eigenvalue weighted by Crippen LogP contribution is -2.46. The number of rotatable bonds is 3. The van der Waals surface area contributed by atoms with Crippen LogP contribution in [0.15, 0.2) is 23.1 Å². The minimum Gasteiger partial charge on any atom is -0.314 e. The summed E-state index contributed by atoms with van der Waals surface area (Å²) in [6, 6.07) is 4.02. The maximum absolute atomic E-state index is 13.8. The van der Waals surface area contributed by atoms with Gasteiger partial charge in [0.25, 0.3) is 0 Å². The molecule has 0 spiro atoms. The average Bonchev–Trinajstić information content (AvgIpc) is 2.32. The van der Waals surface area contributed by atoms with Gasteiger partial charge in [-0.1, -0.05) is 17.7 Å². The number of halogens is 3. The van der Waals surface area contributed by atoms with Crippen LogP contribution in [0, 0.1) is 5.82 Å². The van der Waals surface area contributed by atoms with Gasteiger partial charge in [0.1, 0.15) is 4.90 Å². The Morgan fingerprint density at radius 1 is 1.45 bits per heavy atom. The minimum atomic E-state index is -3.87. The summed E-state index contributed by atoms with van der Waals surface area (Å²) in [7, 11) is -3.87. The molecule has 114 valence electrons. The van der Waals surface area contributed by atoms with Crippen LogP contribution in [0.1, 0.15) is 19.8 Å². The minimum absolute atomic E-state index is 0. The Balaban J connectivity index is 0.00000200. The maximum atomic E-state index is 13.8. The van der Waals surface area contributed by atoms with E-state index in [2.05, 4.69) is 10.0 Å². The average molecular weight is 343 g/mol. The van der Waals surface area contributed by atoms with E-state index in [1.54, 1.807) is 0 Å². The quantitative estimate of drug-likeness (QED) is 0.886. The molecule has 8 heteroatoms. The van der Waals surface area contributed by atoms with Crippen LogP contribution >= 0.6 is 24.0 Å². The van der Waals surface area contributed by atoms with Gasteiger partial charge in [-0.3, -0.25) is 0 Å². The van der Waals surface area contributed by atoms with Crippen molar-refractivity contribution < 1.29 is 12.8 Å². The second-order valence-electron chi connectivity index (χ2n) is 4.75. The van der Waals surface area contributed by atoms with Crippen LogP contribution in [0.3, 0.4) is 0 Å². The molecule has 2 atom stereocenters. The molecule has 0 bridgehead atoms. The van der Waals surface area contributed by atoms with Gasteiger partial charge in [0.05, 0.1) is 5.02 Å². The van der Waals surface area contributed by atoms with E-state index >= 15 is 0 Å². The zero-order chi connectivity index (χ0) is 14.0. The third kappa shape index (κ3) is 4.05. The third-order valence-electron chi connectivity index (χ3n) is 3.15. The number of sulfonamides is 1. The molecule has 2 N–H and O–H groups in total. The van der Waals surface area contributed by atoms with Crippen LogP contribution in [0.4, 0.5) is 4.39 Å². The molecule has 1 aromatic carbocycles. The number of piperidine rings is 1. The van der Waals surface area contributed by atoms with E-state index in [-0.39, 0.29) is 29.5 Å². The summed E-state index contributed by atoms with van der Waals surface area (Å²) < 4.78 is 40.6. The molecular formula is C12H17Cl2FN2O2S. The van der Waals surface area contributed by atoms with Crippen LogP contribution in [-0.2, 0) is 10.0 Å². The first-order valence-electron chi connectivity index (χ1n) is 6.10. The molecule has 1 aliphatic rings. The summed E-state index contributed by atoms with van der Waals surface area (Å²) >= 11 is 5.61. The van der Waals surface area contributed by atoms with E-state index in [9.17, 15) is 12.8 Å². The Morgan fingerprint density at radius 2 is 2.15 bits per heavy atom. The standard InChI is InChI=1S/C12H16ClFN2O2S.ClH/c1-8-7-9(5-6-15-8)16-19(17,18)11-4-2-3-10(13)12(11)14;/h2-4,8-9,15-16H,5-7H2,1H3;1H. The monoisotopic (exact) mass is 342 g/mol. The van der Waals surface area contributed by atoms with Crippen molar-refractivity contribution in [1.82, 2.24) is 10.0 Å². The van der Waals surface area contributed by atoms with E-state index in [4.69, 9.17) is 11.6 Å². The van der Waals surface area contributed by atoms with Crippen molar-refractivity contribution in [2.24, 2.45) is 0 Å². The van der Waals surface area contributed by atoms with Gasteiger partial charge in [-0.15, -0.1) is 12.4 Å². The van der Waals surface area contributed by atoms with Crippen LogP contribution in [-0.4, -0.2) is 27.0 Å². The summed E-state index contributed by atoms with van der Waals surface area (Å²) in [6.07, 6.45) is 1.37. The lowest BCUT2D eigenvalue weighted by molar-refractivity contribution is 0.361. The molecule has 1 aliphatic heterocycles. The molecular weight excluding hydrogens is 326 g/mol. The van der Waals surface area contributed by atoms with Gasteiger partial charge < -0.3 is 5.32 Å². The Labute approximate surface area is 129 Å². The first kappa shape index (κ1) is 17.7. The molecule has 1 saturated heterocycles. The summed E-state index contributed by atoms with van der Waals surface area (Å²) in [4.78, 5) is -0.397. The fourth-order valence-electron chi connectivity index (χ4n) is 2.21. The first-order valence-corrected chi connectivity index (χ1v) is 7.96.